The van der Waals surface area contributed by atoms with E-state index < -0.39 is 11.9 Å². The molecule has 196 valence electrons. The van der Waals surface area contributed by atoms with E-state index in [1.807, 2.05) is 47.9 Å². The molecule has 6 rings (SSSR count). The van der Waals surface area contributed by atoms with Crippen molar-refractivity contribution in [2.24, 2.45) is 18.9 Å². The third kappa shape index (κ3) is 4.97. The minimum absolute atomic E-state index is 0.0747. The molecule has 0 bridgehead atoms. The summed E-state index contributed by atoms with van der Waals surface area (Å²) in [5.41, 5.74) is 5.87. The van der Waals surface area contributed by atoms with E-state index >= 15 is 0 Å². The van der Waals surface area contributed by atoms with Gasteiger partial charge in [0.2, 0.25) is 5.91 Å². The summed E-state index contributed by atoms with van der Waals surface area (Å²) in [7, 11) is 2.01. The SMILES string of the molecule is Cn1ccc2ncc(-c3ccccc3-c3csc(N(C(=O)[C@@H](CC(=O)O)CC4CCCC4)C4CC4)n3)cc21. The number of pyridine rings is 1. The summed E-state index contributed by atoms with van der Waals surface area (Å²) < 4.78 is 2.06. The summed E-state index contributed by atoms with van der Waals surface area (Å²) in [4.78, 5) is 36.9. The fourth-order valence-electron chi connectivity index (χ4n) is 5.83. The number of rotatable bonds is 9. The number of anilines is 1. The van der Waals surface area contributed by atoms with E-state index in [0.717, 1.165) is 59.1 Å². The predicted molar refractivity (Wildman–Crippen MR) is 150 cm³/mol. The molecule has 0 spiro atoms. The first-order chi connectivity index (χ1) is 18.5. The van der Waals surface area contributed by atoms with E-state index in [9.17, 15) is 14.7 Å². The van der Waals surface area contributed by atoms with Crippen molar-refractivity contribution in [2.45, 2.75) is 57.4 Å². The van der Waals surface area contributed by atoms with Crippen LogP contribution >= 0.6 is 11.3 Å². The van der Waals surface area contributed by atoms with Gasteiger partial charge in [0.25, 0.3) is 0 Å². The molecule has 2 saturated carbocycles. The van der Waals surface area contributed by atoms with Crippen molar-refractivity contribution in [1.82, 2.24) is 14.5 Å². The van der Waals surface area contributed by atoms with Crippen LogP contribution in [0, 0.1) is 11.8 Å². The fourth-order valence-corrected chi connectivity index (χ4v) is 6.73. The first-order valence-corrected chi connectivity index (χ1v) is 14.4. The molecule has 1 N–H and O–H groups in total. The third-order valence-corrected chi connectivity index (χ3v) is 8.80. The average molecular weight is 529 g/mol. The minimum Gasteiger partial charge on any atom is -0.481 e. The molecule has 2 aliphatic carbocycles. The Morgan fingerprint density at radius 1 is 1.13 bits per heavy atom. The number of carboxylic acids is 1. The van der Waals surface area contributed by atoms with Crippen LogP contribution in [0.4, 0.5) is 5.13 Å². The molecule has 8 heteroatoms. The van der Waals surface area contributed by atoms with Gasteiger partial charge in [0.1, 0.15) is 0 Å². The van der Waals surface area contributed by atoms with Gasteiger partial charge in [0.15, 0.2) is 5.13 Å². The lowest BCUT2D eigenvalue weighted by molar-refractivity contribution is -0.141. The molecule has 0 radical (unpaired) electrons. The first kappa shape index (κ1) is 24.8. The van der Waals surface area contributed by atoms with E-state index in [4.69, 9.17) is 4.98 Å². The number of hydrogen-bond donors (Lipinski definition) is 1. The molecule has 4 aromatic rings. The van der Waals surface area contributed by atoms with Crippen LogP contribution in [0.3, 0.4) is 0 Å². The van der Waals surface area contributed by atoms with Gasteiger partial charge in [0, 0.05) is 47.9 Å². The quantitative estimate of drug-likeness (QED) is 0.267. The van der Waals surface area contributed by atoms with Gasteiger partial charge >= 0.3 is 5.97 Å². The number of thiazole rings is 1. The second-order valence-corrected chi connectivity index (χ2v) is 11.6. The summed E-state index contributed by atoms with van der Waals surface area (Å²) in [6.45, 7) is 0. The monoisotopic (exact) mass is 528 g/mol. The van der Waals surface area contributed by atoms with Gasteiger partial charge in [-0.05, 0) is 42.9 Å². The largest absolute Gasteiger partial charge is 0.481 e. The molecular formula is C30H32N4O3S. The lowest BCUT2D eigenvalue weighted by Crippen LogP contribution is -2.39. The second kappa shape index (κ2) is 10.3. The fraction of sp³-hybridized carbons (Fsp3) is 0.400. The molecule has 0 saturated heterocycles. The molecule has 0 unspecified atom stereocenters. The Morgan fingerprint density at radius 2 is 1.89 bits per heavy atom. The number of carbonyl (C=O) groups is 2. The number of fused-ring (bicyclic) bond motifs is 1. The van der Waals surface area contributed by atoms with E-state index in [-0.39, 0.29) is 18.4 Å². The summed E-state index contributed by atoms with van der Waals surface area (Å²) >= 11 is 1.47. The number of benzene rings is 1. The number of hydrogen-bond acceptors (Lipinski definition) is 5. The van der Waals surface area contributed by atoms with Crippen LogP contribution in [0.2, 0.25) is 0 Å². The number of aromatic nitrogens is 3. The number of aryl methyl sites for hydroxylation is 1. The lowest BCUT2D eigenvalue weighted by Gasteiger charge is -2.26. The molecule has 38 heavy (non-hydrogen) atoms. The zero-order valence-electron chi connectivity index (χ0n) is 21.5. The smallest absolute Gasteiger partial charge is 0.304 e. The van der Waals surface area contributed by atoms with Crippen LogP contribution in [-0.2, 0) is 16.6 Å². The highest BCUT2D eigenvalue weighted by atomic mass is 32.1. The van der Waals surface area contributed by atoms with Gasteiger partial charge < -0.3 is 9.67 Å². The predicted octanol–water partition coefficient (Wildman–Crippen LogP) is 6.53. The maximum Gasteiger partial charge on any atom is 0.304 e. The van der Waals surface area contributed by atoms with Gasteiger partial charge in [0.05, 0.1) is 23.1 Å². The molecular weight excluding hydrogens is 496 g/mol. The third-order valence-electron chi connectivity index (χ3n) is 7.96. The molecule has 1 amide bonds. The zero-order chi connectivity index (χ0) is 26.2. The Kier molecular flexibility index (Phi) is 6.74. The van der Waals surface area contributed by atoms with Crippen LogP contribution in [0.25, 0.3) is 33.4 Å². The topological polar surface area (TPSA) is 88.3 Å². The van der Waals surface area contributed by atoms with Crippen molar-refractivity contribution in [3.63, 3.8) is 0 Å². The van der Waals surface area contributed by atoms with E-state index in [1.165, 1.54) is 24.2 Å². The normalized spacial score (nSPS) is 16.7. The highest BCUT2D eigenvalue weighted by Crippen LogP contribution is 2.40. The van der Waals surface area contributed by atoms with Crippen LogP contribution in [0.1, 0.15) is 51.4 Å². The van der Waals surface area contributed by atoms with Crippen LogP contribution in [0.15, 0.2) is 54.2 Å². The molecule has 1 atom stereocenters. The van der Waals surface area contributed by atoms with Crippen LogP contribution in [0.5, 0.6) is 0 Å². The molecule has 0 aliphatic heterocycles. The van der Waals surface area contributed by atoms with Crippen LogP contribution < -0.4 is 4.90 Å². The maximum atomic E-state index is 13.8. The van der Waals surface area contributed by atoms with Gasteiger partial charge in [-0.2, -0.15) is 0 Å². The van der Waals surface area contributed by atoms with Gasteiger partial charge in [-0.3, -0.25) is 19.5 Å². The van der Waals surface area contributed by atoms with E-state index in [2.05, 4.69) is 27.8 Å². The Balaban J connectivity index is 1.32. The summed E-state index contributed by atoms with van der Waals surface area (Å²) in [6.07, 6.45) is 10.8. The van der Waals surface area contributed by atoms with Crippen molar-refractivity contribution in [2.75, 3.05) is 4.90 Å². The van der Waals surface area contributed by atoms with Crippen molar-refractivity contribution in [3.8, 4) is 22.4 Å². The molecule has 2 fully saturated rings. The average Bonchev–Trinajstić information content (AvgIpc) is 3.27. The number of amides is 1. The Hall–Kier alpha value is -3.52. The van der Waals surface area contributed by atoms with Gasteiger partial charge in [-0.25, -0.2) is 4.98 Å². The number of nitrogens with zero attached hydrogens (tertiary/aromatic N) is 4. The standard InChI is InChI=1S/C30H32N4O3S/c1-33-13-12-25-27(33)15-21(17-31-25)23-8-4-5-9-24(23)26-18-38-30(32-26)34(22-10-11-22)29(37)20(16-28(35)36)14-19-6-2-3-7-19/h4-5,8-9,12-13,15,17-20,22H,2-3,6-7,10-11,14,16H2,1H3,(H,35,36)/t20-/m1/s1. The second-order valence-electron chi connectivity index (χ2n) is 10.7. The molecule has 1 aromatic carbocycles. The van der Waals surface area contributed by atoms with Gasteiger partial charge in [-0.1, -0.05) is 49.9 Å². The van der Waals surface area contributed by atoms with Crippen molar-refractivity contribution >= 4 is 39.4 Å². The summed E-state index contributed by atoms with van der Waals surface area (Å²) in [6, 6.07) is 12.4. The lowest BCUT2D eigenvalue weighted by atomic mass is 9.90. The summed E-state index contributed by atoms with van der Waals surface area (Å²) in [5.74, 6) is -1.04. The Bertz CT molecular complexity index is 1480. The summed E-state index contributed by atoms with van der Waals surface area (Å²) in [5, 5.41) is 12.3. The van der Waals surface area contributed by atoms with Crippen molar-refractivity contribution < 1.29 is 14.7 Å². The van der Waals surface area contributed by atoms with Gasteiger partial charge in [-0.15, -0.1) is 11.3 Å². The van der Waals surface area contributed by atoms with E-state index in [1.54, 1.807) is 0 Å². The number of carboxylic acid groups (broad SMARTS) is 1. The van der Waals surface area contributed by atoms with E-state index in [0.29, 0.717) is 17.5 Å². The molecule has 3 heterocycles. The molecule has 7 nitrogen and oxygen atoms in total. The maximum absolute atomic E-state index is 13.8. The highest BCUT2D eigenvalue weighted by Gasteiger charge is 2.40. The zero-order valence-corrected chi connectivity index (χ0v) is 22.4. The number of carbonyl (C=O) groups excluding carboxylic acids is 1. The van der Waals surface area contributed by atoms with Crippen molar-refractivity contribution in [1.29, 1.82) is 0 Å². The molecule has 3 aromatic heterocycles. The van der Waals surface area contributed by atoms with Crippen molar-refractivity contribution in [3.05, 3.63) is 54.2 Å². The van der Waals surface area contributed by atoms with Crippen LogP contribution in [-0.4, -0.2) is 37.6 Å². The first-order valence-electron chi connectivity index (χ1n) is 13.5. The highest BCUT2D eigenvalue weighted by molar-refractivity contribution is 7.14. The number of aliphatic carboxylic acids is 1. The Morgan fingerprint density at radius 3 is 2.63 bits per heavy atom. The molecule has 2 aliphatic rings. The Labute approximate surface area is 226 Å². The minimum atomic E-state index is -0.908.